The smallest absolute Gasteiger partial charge is 0.123 e. The van der Waals surface area contributed by atoms with E-state index in [4.69, 9.17) is 11.2 Å². The zero-order valence-corrected chi connectivity index (χ0v) is 12.0. The van der Waals surface area contributed by atoms with Crippen LogP contribution in [0.5, 0.6) is 0 Å². The number of nitrogens with zero attached hydrogens (tertiary/aromatic N) is 2. The van der Waals surface area contributed by atoms with E-state index in [1.807, 2.05) is 0 Å². The number of rotatable bonds is 6. The van der Waals surface area contributed by atoms with Gasteiger partial charge in [0, 0.05) is 38.4 Å². The topological polar surface area (TPSA) is 35.9 Å². The number of aliphatic hydroxyl groups is 1. The number of hydrogen-bond donors (Lipinski definition) is 1. The van der Waals surface area contributed by atoms with Gasteiger partial charge in [0.1, 0.15) is 12.4 Å². The van der Waals surface area contributed by atoms with Crippen molar-refractivity contribution in [3.05, 3.63) is 30.1 Å². The van der Waals surface area contributed by atoms with Gasteiger partial charge in [0.25, 0.3) is 0 Å². The summed E-state index contributed by atoms with van der Waals surface area (Å²) in [5.41, 5.74) is 1.04. The van der Waals surface area contributed by atoms with E-state index in [-0.39, 0.29) is 19.0 Å². The van der Waals surface area contributed by atoms with Crippen LogP contribution in [-0.2, 0) is 4.74 Å². The number of aliphatic hydroxyl groups excluding tert-OH is 1. The van der Waals surface area contributed by atoms with Gasteiger partial charge in [0.2, 0.25) is 0 Å². The van der Waals surface area contributed by atoms with Crippen LogP contribution in [0.15, 0.2) is 24.3 Å². The Kier molecular flexibility index (Phi) is 6.00. The van der Waals surface area contributed by atoms with Crippen LogP contribution in [0.3, 0.4) is 0 Å². The molecular formula is C16H21FN2O2. The minimum absolute atomic E-state index is 0.215. The quantitative estimate of drug-likeness (QED) is 0.626. The monoisotopic (exact) mass is 292 g/mol. The van der Waals surface area contributed by atoms with E-state index < -0.39 is 6.10 Å². The van der Waals surface area contributed by atoms with Crippen molar-refractivity contribution in [3.8, 4) is 12.3 Å². The molecule has 1 aromatic rings. The molecule has 0 amide bonds. The van der Waals surface area contributed by atoms with Crippen LogP contribution in [0.4, 0.5) is 10.1 Å². The first-order valence-electron chi connectivity index (χ1n) is 7.11. The maximum Gasteiger partial charge on any atom is 0.123 e. The lowest BCUT2D eigenvalue weighted by molar-refractivity contribution is 0.0267. The van der Waals surface area contributed by atoms with Crippen LogP contribution in [0.1, 0.15) is 0 Å². The van der Waals surface area contributed by atoms with Crippen LogP contribution in [-0.4, -0.2) is 62.0 Å². The number of halogens is 1. The lowest BCUT2D eigenvalue weighted by Crippen LogP contribution is -2.49. The molecular weight excluding hydrogens is 271 g/mol. The molecule has 1 aliphatic rings. The molecule has 0 aromatic heterocycles. The number of piperazine rings is 1. The Morgan fingerprint density at radius 1 is 1.24 bits per heavy atom. The molecule has 0 aliphatic carbocycles. The van der Waals surface area contributed by atoms with Crippen LogP contribution in [0, 0.1) is 18.2 Å². The number of terminal acetylenes is 1. The summed E-state index contributed by atoms with van der Waals surface area (Å²) in [5.74, 6) is 2.16. The van der Waals surface area contributed by atoms with Crippen molar-refractivity contribution in [1.82, 2.24) is 4.90 Å². The van der Waals surface area contributed by atoms with Crippen LogP contribution >= 0.6 is 0 Å². The van der Waals surface area contributed by atoms with Crippen molar-refractivity contribution in [3.63, 3.8) is 0 Å². The SMILES string of the molecule is C#CCOC[C@@H](O)CN1CCN(c2ccc(F)cc2)CC1. The van der Waals surface area contributed by atoms with Crippen molar-refractivity contribution in [2.45, 2.75) is 6.10 Å². The van der Waals surface area contributed by atoms with Crippen molar-refractivity contribution >= 4 is 5.69 Å². The Morgan fingerprint density at radius 2 is 1.90 bits per heavy atom. The molecule has 1 atom stereocenters. The molecule has 1 saturated heterocycles. The van der Waals surface area contributed by atoms with E-state index >= 15 is 0 Å². The van der Waals surface area contributed by atoms with Gasteiger partial charge in [-0.3, -0.25) is 4.90 Å². The van der Waals surface area contributed by atoms with Crippen molar-refractivity contribution in [1.29, 1.82) is 0 Å². The molecule has 4 nitrogen and oxygen atoms in total. The van der Waals surface area contributed by atoms with E-state index in [1.54, 1.807) is 12.1 Å². The highest BCUT2D eigenvalue weighted by atomic mass is 19.1. The van der Waals surface area contributed by atoms with E-state index in [0.717, 1.165) is 31.9 Å². The highest BCUT2D eigenvalue weighted by molar-refractivity contribution is 5.46. The largest absolute Gasteiger partial charge is 0.389 e. The minimum atomic E-state index is -0.518. The molecule has 1 aliphatic heterocycles. The van der Waals surface area contributed by atoms with Gasteiger partial charge >= 0.3 is 0 Å². The number of anilines is 1. The molecule has 114 valence electrons. The molecule has 5 heteroatoms. The Labute approximate surface area is 125 Å². The van der Waals surface area contributed by atoms with Gasteiger partial charge in [-0.2, -0.15) is 0 Å². The normalized spacial score (nSPS) is 17.5. The predicted molar refractivity (Wildman–Crippen MR) is 80.7 cm³/mol. The van der Waals surface area contributed by atoms with Gasteiger partial charge in [-0.1, -0.05) is 5.92 Å². The van der Waals surface area contributed by atoms with Gasteiger partial charge in [0.05, 0.1) is 12.7 Å². The molecule has 2 rings (SSSR count). The third-order valence-electron chi connectivity index (χ3n) is 3.53. The summed E-state index contributed by atoms with van der Waals surface area (Å²) < 4.78 is 18.0. The Balaban J connectivity index is 1.73. The summed E-state index contributed by atoms with van der Waals surface area (Å²) in [5, 5.41) is 9.85. The molecule has 1 aromatic carbocycles. The fourth-order valence-electron chi connectivity index (χ4n) is 2.45. The summed E-state index contributed by atoms with van der Waals surface area (Å²) in [6.45, 7) is 4.54. The third kappa shape index (κ3) is 5.01. The van der Waals surface area contributed by atoms with Gasteiger partial charge < -0.3 is 14.7 Å². The highest BCUT2D eigenvalue weighted by Gasteiger charge is 2.19. The van der Waals surface area contributed by atoms with Crippen LogP contribution in [0.2, 0.25) is 0 Å². The van der Waals surface area contributed by atoms with Gasteiger partial charge in [-0.05, 0) is 24.3 Å². The van der Waals surface area contributed by atoms with E-state index in [1.165, 1.54) is 12.1 Å². The number of benzene rings is 1. The average Bonchev–Trinajstić information content (AvgIpc) is 2.49. The Hall–Kier alpha value is -1.61. The zero-order valence-electron chi connectivity index (χ0n) is 12.0. The lowest BCUT2D eigenvalue weighted by atomic mass is 10.2. The molecule has 0 spiro atoms. The fraction of sp³-hybridized carbons (Fsp3) is 0.500. The summed E-state index contributed by atoms with van der Waals surface area (Å²) in [6.07, 6.45) is 4.56. The van der Waals surface area contributed by atoms with Gasteiger partial charge in [-0.25, -0.2) is 4.39 Å². The lowest BCUT2D eigenvalue weighted by Gasteiger charge is -2.36. The molecule has 1 heterocycles. The second-order valence-corrected chi connectivity index (χ2v) is 5.14. The van der Waals surface area contributed by atoms with Crippen molar-refractivity contribution in [2.75, 3.05) is 50.8 Å². The number of β-amino-alcohol motifs (C(OH)–C–C–N with tert-alkyl or cyclic N) is 1. The van der Waals surface area contributed by atoms with Gasteiger partial charge in [-0.15, -0.1) is 6.42 Å². The van der Waals surface area contributed by atoms with E-state index in [9.17, 15) is 9.50 Å². The minimum Gasteiger partial charge on any atom is -0.389 e. The second-order valence-electron chi connectivity index (χ2n) is 5.14. The van der Waals surface area contributed by atoms with Gasteiger partial charge in [0.15, 0.2) is 0 Å². The Morgan fingerprint density at radius 3 is 2.52 bits per heavy atom. The first-order valence-corrected chi connectivity index (χ1v) is 7.11. The van der Waals surface area contributed by atoms with E-state index in [0.29, 0.717) is 6.54 Å². The van der Waals surface area contributed by atoms with Crippen LogP contribution < -0.4 is 4.90 Å². The third-order valence-corrected chi connectivity index (χ3v) is 3.53. The molecule has 21 heavy (non-hydrogen) atoms. The molecule has 0 saturated carbocycles. The molecule has 1 fully saturated rings. The second kappa shape index (κ2) is 7.99. The summed E-state index contributed by atoms with van der Waals surface area (Å²) >= 11 is 0. The van der Waals surface area contributed by atoms with Crippen LogP contribution in [0.25, 0.3) is 0 Å². The molecule has 1 N–H and O–H groups in total. The van der Waals surface area contributed by atoms with Crippen molar-refractivity contribution < 1.29 is 14.2 Å². The predicted octanol–water partition coefficient (Wildman–Crippen LogP) is 0.958. The first-order chi connectivity index (χ1) is 10.2. The molecule has 0 radical (unpaired) electrons. The fourth-order valence-corrected chi connectivity index (χ4v) is 2.45. The first kappa shape index (κ1) is 15.8. The number of ether oxygens (including phenoxy) is 1. The maximum atomic E-state index is 12.9. The Bertz CT molecular complexity index is 464. The molecule has 0 bridgehead atoms. The average molecular weight is 292 g/mol. The van der Waals surface area contributed by atoms with E-state index in [2.05, 4.69) is 15.7 Å². The number of hydrogen-bond acceptors (Lipinski definition) is 4. The molecule has 0 unspecified atom stereocenters. The maximum absolute atomic E-state index is 12.9. The summed E-state index contributed by atoms with van der Waals surface area (Å²) in [7, 11) is 0. The standard InChI is InChI=1S/C16H21FN2O2/c1-2-11-21-13-16(20)12-18-7-9-19(10-8-18)15-5-3-14(17)4-6-15/h1,3-6,16,20H,7-13H2/t16-/m0/s1. The summed E-state index contributed by atoms with van der Waals surface area (Å²) in [4.78, 5) is 4.42. The van der Waals surface area contributed by atoms with Crippen molar-refractivity contribution in [2.24, 2.45) is 0 Å². The summed E-state index contributed by atoms with van der Waals surface area (Å²) in [6, 6.07) is 6.56. The zero-order chi connectivity index (χ0) is 15.1. The highest BCUT2D eigenvalue weighted by Crippen LogP contribution is 2.16.